The van der Waals surface area contributed by atoms with E-state index in [1.807, 2.05) is 13.8 Å². The molecule has 0 aliphatic heterocycles. The molecule has 2 amide bonds. The molecule has 1 N–H and O–H groups in total. The van der Waals surface area contributed by atoms with Gasteiger partial charge in [-0.05, 0) is 48.7 Å². The van der Waals surface area contributed by atoms with Gasteiger partial charge in [-0.3, -0.25) is 13.9 Å². The number of anilines is 1. The minimum atomic E-state index is -3.83. The summed E-state index contributed by atoms with van der Waals surface area (Å²) in [7, 11) is -3.83. The number of nitrogens with one attached hydrogen (secondary N) is 1. The number of carbonyl (C=O) groups excluding carboxylic acids is 2. The van der Waals surface area contributed by atoms with Gasteiger partial charge >= 0.3 is 0 Å². The number of hydrogen-bond acceptors (Lipinski definition) is 4. The van der Waals surface area contributed by atoms with E-state index in [9.17, 15) is 22.4 Å². The monoisotopic (exact) mass is 497 g/mol. The lowest BCUT2D eigenvalue weighted by Gasteiger charge is -2.31. The van der Waals surface area contributed by atoms with Crippen LogP contribution in [0.2, 0.25) is 5.02 Å². The van der Waals surface area contributed by atoms with E-state index in [1.165, 1.54) is 41.3 Å². The van der Waals surface area contributed by atoms with Gasteiger partial charge in [0, 0.05) is 18.1 Å². The Balaban J connectivity index is 2.35. The quantitative estimate of drug-likeness (QED) is 0.544. The minimum Gasteiger partial charge on any atom is -0.354 e. The summed E-state index contributed by atoms with van der Waals surface area (Å²) in [6.07, 6.45) is 0.990. The summed E-state index contributed by atoms with van der Waals surface area (Å²) >= 11 is 6.01. The van der Waals surface area contributed by atoms with Gasteiger partial charge < -0.3 is 10.2 Å². The molecule has 0 fully saturated rings. The SMILES string of the molecule is CC(C)CNC(=O)[C@@H](C)N(Cc1ccc(F)cc1)C(=O)CN(c1cccc(Cl)c1)S(C)(=O)=O. The second-order valence-electron chi connectivity index (χ2n) is 8.21. The van der Waals surface area contributed by atoms with Gasteiger partial charge in [0.25, 0.3) is 0 Å². The fourth-order valence-electron chi connectivity index (χ4n) is 3.07. The fraction of sp³-hybridized carbons (Fsp3) is 0.391. The number of rotatable bonds is 10. The average Bonchev–Trinajstić information content (AvgIpc) is 2.73. The summed E-state index contributed by atoms with van der Waals surface area (Å²) in [5.74, 6) is -1.17. The van der Waals surface area contributed by atoms with Crippen molar-refractivity contribution in [3.8, 4) is 0 Å². The van der Waals surface area contributed by atoms with Gasteiger partial charge in [0.2, 0.25) is 21.8 Å². The smallest absolute Gasteiger partial charge is 0.244 e. The summed E-state index contributed by atoms with van der Waals surface area (Å²) in [6.45, 7) is 5.37. The first-order chi connectivity index (χ1) is 15.4. The zero-order valence-corrected chi connectivity index (χ0v) is 20.7. The molecule has 10 heteroatoms. The van der Waals surface area contributed by atoms with Gasteiger partial charge in [-0.2, -0.15) is 0 Å². The molecule has 0 aliphatic rings. The molecule has 0 aromatic heterocycles. The summed E-state index contributed by atoms with van der Waals surface area (Å²) < 4.78 is 39.2. The minimum absolute atomic E-state index is 0.00251. The van der Waals surface area contributed by atoms with Crippen LogP contribution in [0.1, 0.15) is 26.3 Å². The zero-order valence-electron chi connectivity index (χ0n) is 19.1. The zero-order chi connectivity index (χ0) is 24.8. The highest BCUT2D eigenvalue weighted by molar-refractivity contribution is 7.92. The lowest BCUT2D eigenvalue weighted by Crippen LogP contribution is -2.51. The van der Waals surface area contributed by atoms with Crippen LogP contribution < -0.4 is 9.62 Å². The highest BCUT2D eigenvalue weighted by Gasteiger charge is 2.30. The molecule has 0 saturated carbocycles. The second-order valence-corrected chi connectivity index (χ2v) is 10.6. The Labute approximate surface area is 199 Å². The van der Waals surface area contributed by atoms with Gasteiger partial charge in [-0.25, -0.2) is 12.8 Å². The molecule has 2 aromatic rings. The maximum Gasteiger partial charge on any atom is 0.244 e. The van der Waals surface area contributed by atoms with E-state index in [1.54, 1.807) is 19.1 Å². The maximum absolute atomic E-state index is 13.3. The first-order valence-corrected chi connectivity index (χ1v) is 12.7. The van der Waals surface area contributed by atoms with Gasteiger partial charge in [0.05, 0.1) is 11.9 Å². The van der Waals surface area contributed by atoms with E-state index in [4.69, 9.17) is 11.6 Å². The topological polar surface area (TPSA) is 86.8 Å². The van der Waals surface area contributed by atoms with E-state index in [0.29, 0.717) is 17.1 Å². The van der Waals surface area contributed by atoms with Crippen LogP contribution in [0.15, 0.2) is 48.5 Å². The van der Waals surface area contributed by atoms with Crippen LogP contribution in [0.4, 0.5) is 10.1 Å². The molecule has 2 aromatic carbocycles. The van der Waals surface area contributed by atoms with Crippen LogP contribution in [0.3, 0.4) is 0 Å². The van der Waals surface area contributed by atoms with Crippen molar-refractivity contribution in [2.45, 2.75) is 33.4 Å². The molecule has 0 unspecified atom stereocenters. The highest BCUT2D eigenvalue weighted by atomic mass is 35.5. The third kappa shape index (κ3) is 8.01. The van der Waals surface area contributed by atoms with Crippen molar-refractivity contribution in [1.29, 1.82) is 0 Å². The summed E-state index contributed by atoms with van der Waals surface area (Å²) in [5.41, 5.74) is 0.832. The van der Waals surface area contributed by atoms with Crippen molar-refractivity contribution < 1.29 is 22.4 Å². The number of amides is 2. The van der Waals surface area contributed by atoms with Crippen molar-refractivity contribution >= 4 is 39.1 Å². The molecule has 7 nitrogen and oxygen atoms in total. The Morgan fingerprint density at radius 2 is 1.73 bits per heavy atom. The van der Waals surface area contributed by atoms with Gasteiger partial charge in [0.15, 0.2) is 0 Å². The van der Waals surface area contributed by atoms with Crippen molar-refractivity contribution in [2.75, 3.05) is 23.7 Å². The molecular formula is C23H29ClFN3O4S. The normalized spacial score (nSPS) is 12.3. The Morgan fingerprint density at radius 3 is 2.27 bits per heavy atom. The predicted molar refractivity (Wildman–Crippen MR) is 128 cm³/mol. The summed E-state index contributed by atoms with van der Waals surface area (Å²) in [5, 5.41) is 3.11. The summed E-state index contributed by atoms with van der Waals surface area (Å²) in [4.78, 5) is 27.4. The maximum atomic E-state index is 13.3. The molecule has 0 aliphatic carbocycles. The van der Waals surface area contributed by atoms with Crippen molar-refractivity contribution in [3.63, 3.8) is 0 Å². The van der Waals surface area contributed by atoms with Gasteiger partial charge in [0.1, 0.15) is 18.4 Å². The van der Waals surface area contributed by atoms with Gasteiger partial charge in [-0.15, -0.1) is 0 Å². The van der Waals surface area contributed by atoms with Crippen LogP contribution >= 0.6 is 11.6 Å². The Hall–Kier alpha value is -2.65. The molecule has 180 valence electrons. The number of hydrogen-bond donors (Lipinski definition) is 1. The highest BCUT2D eigenvalue weighted by Crippen LogP contribution is 2.22. The van der Waals surface area contributed by atoms with Crippen LogP contribution in [0, 0.1) is 11.7 Å². The molecule has 0 saturated heterocycles. The summed E-state index contributed by atoms with van der Waals surface area (Å²) in [6, 6.07) is 10.8. The molecule has 0 bridgehead atoms. The largest absolute Gasteiger partial charge is 0.354 e. The number of halogens is 2. The molecule has 2 rings (SSSR count). The molecule has 33 heavy (non-hydrogen) atoms. The lowest BCUT2D eigenvalue weighted by atomic mass is 10.1. The number of carbonyl (C=O) groups is 2. The van der Waals surface area contributed by atoms with E-state index in [-0.39, 0.29) is 24.1 Å². The first kappa shape index (κ1) is 26.6. The van der Waals surface area contributed by atoms with E-state index in [2.05, 4.69) is 5.32 Å². The number of benzene rings is 2. The standard InChI is InChI=1S/C23H29ClFN3O4S/c1-16(2)13-26-23(30)17(3)27(14-18-8-10-20(25)11-9-18)22(29)15-28(33(4,31)32)21-7-5-6-19(24)12-21/h5-12,16-17H,13-15H2,1-4H3,(H,26,30)/t17-/m1/s1. The fourth-order valence-corrected chi connectivity index (χ4v) is 4.09. The Bertz CT molecular complexity index is 1080. The van der Waals surface area contributed by atoms with Crippen molar-refractivity contribution in [2.24, 2.45) is 5.92 Å². The molecule has 1 atom stereocenters. The Morgan fingerprint density at radius 1 is 1.09 bits per heavy atom. The first-order valence-electron chi connectivity index (χ1n) is 10.4. The van der Waals surface area contributed by atoms with Gasteiger partial charge in [-0.1, -0.05) is 43.6 Å². The predicted octanol–water partition coefficient (Wildman–Crippen LogP) is 3.43. The third-order valence-corrected chi connectivity index (χ3v) is 6.27. The van der Waals surface area contributed by atoms with Crippen LogP contribution in [0.25, 0.3) is 0 Å². The van der Waals surface area contributed by atoms with Crippen molar-refractivity contribution in [3.05, 3.63) is 64.9 Å². The van der Waals surface area contributed by atoms with E-state index in [0.717, 1.165) is 10.6 Å². The van der Waals surface area contributed by atoms with E-state index < -0.39 is 34.3 Å². The number of sulfonamides is 1. The van der Waals surface area contributed by atoms with Crippen LogP contribution in [-0.2, 0) is 26.2 Å². The molecule has 0 radical (unpaired) electrons. The Kier molecular flexibility index (Phi) is 9.25. The van der Waals surface area contributed by atoms with Crippen LogP contribution in [0.5, 0.6) is 0 Å². The van der Waals surface area contributed by atoms with Crippen LogP contribution in [-0.4, -0.2) is 50.5 Å². The second kappa shape index (κ2) is 11.5. The molecule has 0 spiro atoms. The lowest BCUT2D eigenvalue weighted by molar-refractivity contribution is -0.139. The molecular weight excluding hydrogens is 469 g/mol. The molecule has 0 heterocycles. The van der Waals surface area contributed by atoms with Crippen molar-refractivity contribution in [1.82, 2.24) is 10.2 Å². The number of nitrogens with zero attached hydrogens (tertiary/aromatic N) is 2. The average molecular weight is 498 g/mol. The third-order valence-electron chi connectivity index (χ3n) is 4.89. The van der Waals surface area contributed by atoms with E-state index >= 15 is 0 Å².